The van der Waals surface area contributed by atoms with E-state index in [0.717, 1.165) is 22.2 Å². The van der Waals surface area contributed by atoms with E-state index in [-0.39, 0.29) is 17.2 Å². The summed E-state index contributed by atoms with van der Waals surface area (Å²) in [6.45, 7) is 3.86. The van der Waals surface area contributed by atoms with Crippen LogP contribution in [0.3, 0.4) is 0 Å². The molecular weight excluding hydrogens is 509 g/mol. The van der Waals surface area contributed by atoms with Gasteiger partial charge in [-0.25, -0.2) is 4.98 Å². The Morgan fingerprint density at radius 3 is 2.56 bits per heavy atom. The third kappa shape index (κ3) is 4.54. The summed E-state index contributed by atoms with van der Waals surface area (Å²) in [5.74, 6) is -0.231. The maximum atomic E-state index is 13.5. The number of amides is 1. The summed E-state index contributed by atoms with van der Waals surface area (Å²) in [6.07, 6.45) is 0. The van der Waals surface area contributed by atoms with Crippen molar-refractivity contribution in [3.8, 4) is 5.69 Å². The summed E-state index contributed by atoms with van der Waals surface area (Å²) in [5.41, 5.74) is 1.72. The fraction of sp³-hybridized carbons (Fsp3) is 0.136. The topological polar surface area (TPSA) is 64.0 Å². The van der Waals surface area contributed by atoms with Crippen LogP contribution in [0.1, 0.15) is 10.4 Å². The molecule has 5 nitrogen and oxygen atoms in total. The lowest BCUT2D eigenvalue weighted by Gasteiger charge is -2.13. The van der Waals surface area contributed by atoms with Crippen molar-refractivity contribution >= 4 is 79.7 Å². The van der Waals surface area contributed by atoms with Crippen LogP contribution in [0.15, 0.2) is 52.4 Å². The first-order chi connectivity index (χ1) is 15.3. The number of thioether (sulfide) groups is 1. The fourth-order valence-corrected chi connectivity index (χ4v) is 5.46. The average molecular weight is 525 g/mol. The molecule has 0 unspecified atom stereocenters. The first-order valence-electron chi connectivity index (χ1n) is 9.41. The normalized spacial score (nSPS) is 11.2. The lowest BCUT2D eigenvalue weighted by atomic mass is 10.2. The maximum Gasteiger partial charge on any atom is 0.267 e. The zero-order chi connectivity index (χ0) is 23.0. The lowest BCUT2D eigenvalue weighted by molar-refractivity contribution is -0.113. The highest BCUT2D eigenvalue weighted by Gasteiger charge is 2.19. The van der Waals surface area contributed by atoms with Crippen LogP contribution >= 0.6 is 57.9 Å². The second-order valence-corrected chi connectivity index (χ2v) is 10.3. The van der Waals surface area contributed by atoms with E-state index in [9.17, 15) is 9.59 Å². The van der Waals surface area contributed by atoms with Gasteiger partial charge in [-0.2, -0.15) is 0 Å². The molecule has 0 atom stereocenters. The molecule has 2 heterocycles. The van der Waals surface area contributed by atoms with E-state index in [2.05, 4.69) is 5.32 Å². The number of rotatable bonds is 5. The van der Waals surface area contributed by atoms with Crippen molar-refractivity contribution in [3.63, 3.8) is 0 Å². The molecule has 0 aliphatic heterocycles. The molecule has 32 heavy (non-hydrogen) atoms. The first-order valence-corrected chi connectivity index (χ1v) is 12.3. The minimum atomic E-state index is -0.267. The molecule has 10 heteroatoms. The Morgan fingerprint density at radius 2 is 1.84 bits per heavy atom. The third-order valence-electron chi connectivity index (χ3n) is 4.81. The van der Waals surface area contributed by atoms with Crippen LogP contribution in [0, 0.1) is 13.8 Å². The summed E-state index contributed by atoms with van der Waals surface area (Å²) in [6, 6.07) is 11.9. The van der Waals surface area contributed by atoms with Crippen LogP contribution in [0.4, 0.5) is 5.69 Å². The highest BCUT2D eigenvalue weighted by Crippen LogP contribution is 2.31. The molecule has 0 aliphatic carbocycles. The predicted octanol–water partition coefficient (Wildman–Crippen LogP) is 6.76. The second-order valence-electron chi connectivity index (χ2n) is 6.91. The zero-order valence-corrected chi connectivity index (χ0v) is 20.8. The van der Waals surface area contributed by atoms with Gasteiger partial charge in [0.2, 0.25) is 5.91 Å². The molecule has 4 rings (SSSR count). The number of benzene rings is 2. The van der Waals surface area contributed by atoms with E-state index in [1.165, 1.54) is 15.9 Å². The predicted molar refractivity (Wildman–Crippen MR) is 136 cm³/mol. The summed E-state index contributed by atoms with van der Waals surface area (Å²) in [4.78, 5) is 32.4. The minimum Gasteiger partial charge on any atom is -0.324 e. The number of carbonyl (C=O) groups excluding carboxylic acids is 1. The highest BCUT2D eigenvalue weighted by atomic mass is 35.5. The molecule has 0 bridgehead atoms. The Labute approximate surface area is 207 Å². The number of nitrogens with one attached hydrogen (secondary N) is 1. The number of hydrogen-bond donors (Lipinski definition) is 1. The van der Waals surface area contributed by atoms with Gasteiger partial charge in [-0.05, 0) is 49.7 Å². The number of nitrogens with zero attached hydrogens (tertiary/aromatic N) is 2. The van der Waals surface area contributed by atoms with E-state index in [1.54, 1.807) is 42.5 Å². The van der Waals surface area contributed by atoms with Gasteiger partial charge in [0.1, 0.15) is 4.83 Å². The van der Waals surface area contributed by atoms with E-state index in [1.807, 2.05) is 13.8 Å². The Bertz CT molecular complexity index is 1420. The molecule has 0 fully saturated rings. The van der Waals surface area contributed by atoms with Crippen LogP contribution in [-0.2, 0) is 4.79 Å². The zero-order valence-electron chi connectivity index (χ0n) is 16.9. The van der Waals surface area contributed by atoms with Crippen molar-refractivity contribution in [1.82, 2.24) is 9.55 Å². The van der Waals surface area contributed by atoms with Gasteiger partial charge in [-0.15, -0.1) is 11.3 Å². The summed E-state index contributed by atoms with van der Waals surface area (Å²) in [5, 5.41) is 4.87. The van der Waals surface area contributed by atoms with E-state index >= 15 is 0 Å². The Hall–Kier alpha value is -2.03. The van der Waals surface area contributed by atoms with Crippen molar-refractivity contribution in [2.24, 2.45) is 0 Å². The van der Waals surface area contributed by atoms with Crippen LogP contribution in [0.5, 0.6) is 0 Å². The van der Waals surface area contributed by atoms with Gasteiger partial charge in [0.15, 0.2) is 5.16 Å². The number of thiophene rings is 1. The molecule has 2 aromatic heterocycles. The summed E-state index contributed by atoms with van der Waals surface area (Å²) >= 11 is 21.0. The highest BCUT2D eigenvalue weighted by molar-refractivity contribution is 7.99. The van der Waals surface area contributed by atoms with Crippen molar-refractivity contribution in [1.29, 1.82) is 0 Å². The Balaban J connectivity index is 1.74. The standard InChI is InChI=1S/C22H16Cl3N3O2S2/c1-11-12(2)32-20-19(11)21(30)28(13-7-8-14(23)16(25)9-13)22(27-20)31-10-18(29)26-17-6-4-3-5-15(17)24/h3-9H,10H2,1-2H3,(H,26,29). The smallest absolute Gasteiger partial charge is 0.267 e. The van der Waals surface area contributed by atoms with Crippen LogP contribution in [-0.4, -0.2) is 21.2 Å². The number of carbonyl (C=O) groups is 1. The molecule has 0 saturated heterocycles. The van der Waals surface area contributed by atoms with Gasteiger partial charge in [0.05, 0.1) is 37.6 Å². The number of aryl methyl sites for hydroxylation is 2. The van der Waals surface area contributed by atoms with Crippen LogP contribution in [0.25, 0.3) is 15.9 Å². The maximum absolute atomic E-state index is 13.5. The van der Waals surface area contributed by atoms with E-state index in [4.69, 9.17) is 39.8 Å². The summed E-state index contributed by atoms with van der Waals surface area (Å²) in [7, 11) is 0. The SMILES string of the molecule is Cc1sc2nc(SCC(=O)Nc3ccccc3Cl)n(-c3ccc(Cl)c(Cl)c3)c(=O)c2c1C. The third-order valence-corrected chi connectivity index (χ3v) is 7.92. The van der Waals surface area contributed by atoms with Crippen molar-refractivity contribution in [2.75, 3.05) is 11.1 Å². The number of fused-ring (bicyclic) bond motifs is 1. The number of para-hydroxylation sites is 1. The number of halogens is 3. The number of aromatic nitrogens is 2. The fourth-order valence-electron chi connectivity index (χ4n) is 3.10. The van der Waals surface area contributed by atoms with Gasteiger partial charge in [0, 0.05) is 4.88 Å². The quantitative estimate of drug-likeness (QED) is 0.231. The molecule has 4 aromatic rings. The molecule has 0 saturated carbocycles. The molecular formula is C22H16Cl3N3O2S2. The molecule has 0 radical (unpaired) electrons. The molecule has 1 N–H and O–H groups in total. The van der Waals surface area contributed by atoms with Crippen molar-refractivity contribution < 1.29 is 4.79 Å². The van der Waals surface area contributed by atoms with Crippen LogP contribution < -0.4 is 10.9 Å². The van der Waals surface area contributed by atoms with Crippen molar-refractivity contribution in [3.05, 3.63) is 78.3 Å². The van der Waals surface area contributed by atoms with Gasteiger partial charge in [0.25, 0.3) is 5.56 Å². The monoisotopic (exact) mass is 523 g/mol. The van der Waals surface area contributed by atoms with Gasteiger partial charge < -0.3 is 5.32 Å². The van der Waals surface area contributed by atoms with Crippen LogP contribution in [0.2, 0.25) is 15.1 Å². The number of hydrogen-bond acceptors (Lipinski definition) is 5. The van der Waals surface area contributed by atoms with Crippen molar-refractivity contribution in [2.45, 2.75) is 19.0 Å². The molecule has 0 spiro atoms. The molecule has 0 aliphatic rings. The van der Waals surface area contributed by atoms with Gasteiger partial charge >= 0.3 is 0 Å². The van der Waals surface area contributed by atoms with Gasteiger partial charge in [-0.3, -0.25) is 14.2 Å². The number of anilines is 1. The Morgan fingerprint density at radius 1 is 1.09 bits per heavy atom. The summed E-state index contributed by atoms with van der Waals surface area (Å²) < 4.78 is 1.47. The van der Waals surface area contributed by atoms with E-state index in [0.29, 0.717) is 41.8 Å². The first kappa shape index (κ1) is 23.1. The average Bonchev–Trinajstić information content (AvgIpc) is 3.04. The molecule has 164 valence electrons. The second kappa shape index (κ2) is 9.45. The minimum absolute atomic E-state index is 0.0355. The Kier molecular flexibility index (Phi) is 6.83. The van der Waals surface area contributed by atoms with Gasteiger partial charge in [-0.1, -0.05) is 58.7 Å². The van der Waals surface area contributed by atoms with E-state index < -0.39 is 0 Å². The largest absolute Gasteiger partial charge is 0.324 e. The molecule has 1 amide bonds. The lowest BCUT2D eigenvalue weighted by Crippen LogP contribution is -2.23. The molecule has 2 aromatic carbocycles.